The van der Waals surface area contributed by atoms with Crippen LogP contribution >= 0.6 is 0 Å². The standard InChI is InChI=1S/C21H26N4O3/c1-3-8-15(26)13-25-19(22)18(21(27)28-4-2)20(24-25)23-17-12-7-10-14-9-5-6-11-16(14)17/h5-7,9-12,15,26H,3-4,8,13,22H2,1-2H3,(H,23,24). The lowest BCUT2D eigenvalue weighted by molar-refractivity contribution is 0.0528. The molecule has 1 atom stereocenters. The van der Waals surface area contributed by atoms with Crippen molar-refractivity contribution in [2.24, 2.45) is 0 Å². The van der Waals surface area contributed by atoms with Crippen molar-refractivity contribution in [3.05, 3.63) is 48.0 Å². The van der Waals surface area contributed by atoms with E-state index in [-0.39, 0.29) is 24.5 Å². The molecular formula is C21H26N4O3. The summed E-state index contributed by atoms with van der Waals surface area (Å²) in [4.78, 5) is 12.5. The van der Waals surface area contributed by atoms with Gasteiger partial charge in [0.05, 0.1) is 19.3 Å². The van der Waals surface area contributed by atoms with Gasteiger partial charge >= 0.3 is 5.97 Å². The molecule has 0 saturated heterocycles. The van der Waals surface area contributed by atoms with Gasteiger partial charge in [-0.15, -0.1) is 0 Å². The van der Waals surface area contributed by atoms with Gasteiger partial charge in [0.15, 0.2) is 5.82 Å². The normalized spacial score (nSPS) is 12.1. The van der Waals surface area contributed by atoms with E-state index in [1.165, 1.54) is 4.68 Å². The van der Waals surface area contributed by atoms with E-state index in [1.807, 2.05) is 49.4 Å². The highest BCUT2D eigenvalue weighted by molar-refractivity contribution is 6.02. The number of ether oxygens (including phenoxy) is 1. The highest BCUT2D eigenvalue weighted by Crippen LogP contribution is 2.30. The first-order valence-corrected chi connectivity index (χ1v) is 9.51. The molecule has 0 saturated carbocycles. The highest BCUT2D eigenvalue weighted by Gasteiger charge is 2.25. The van der Waals surface area contributed by atoms with Crippen LogP contribution in [0.3, 0.4) is 0 Å². The van der Waals surface area contributed by atoms with Crippen LogP contribution in [0, 0.1) is 0 Å². The van der Waals surface area contributed by atoms with Crippen molar-refractivity contribution >= 4 is 34.1 Å². The van der Waals surface area contributed by atoms with Crippen molar-refractivity contribution in [2.45, 2.75) is 39.3 Å². The molecule has 3 rings (SSSR count). The van der Waals surface area contributed by atoms with Gasteiger partial charge < -0.3 is 20.9 Å². The number of rotatable bonds is 8. The van der Waals surface area contributed by atoms with E-state index in [0.717, 1.165) is 22.9 Å². The van der Waals surface area contributed by atoms with Crippen LogP contribution < -0.4 is 11.1 Å². The Morgan fingerprint density at radius 3 is 2.75 bits per heavy atom. The number of carbonyl (C=O) groups excluding carboxylic acids is 1. The first-order valence-electron chi connectivity index (χ1n) is 9.51. The van der Waals surface area contributed by atoms with Crippen LogP contribution in [0.4, 0.5) is 17.3 Å². The number of anilines is 3. The van der Waals surface area contributed by atoms with Gasteiger partial charge in [-0.05, 0) is 24.8 Å². The van der Waals surface area contributed by atoms with E-state index in [4.69, 9.17) is 10.5 Å². The molecule has 0 aliphatic rings. The molecule has 0 aliphatic carbocycles. The van der Waals surface area contributed by atoms with E-state index < -0.39 is 12.1 Å². The van der Waals surface area contributed by atoms with Crippen molar-refractivity contribution in [3.63, 3.8) is 0 Å². The number of benzene rings is 2. The van der Waals surface area contributed by atoms with Gasteiger partial charge in [-0.2, -0.15) is 5.10 Å². The maximum absolute atomic E-state index is 12.5. The van der Waals surface area contributed by atoms with Crippen LogP contribution in [0.15, 0.2) is 42.5 Å². The minimum absolute atomic E-state index is 0.177. The van der Waals surface area contributed by atoms with Gasteiger partial charge in [-0.3, -0.25) is 0 Å². The highest BCUT2D eigenvalue weighted by atomic mass is 16.5. The summed E-state index contributed by atoms with van der Waals surface area (Å²) in [7, 11) is 0. The number of aliphatic hydroxyl groups excluding tert-OH is 1. The minimum Gasteiger partial charge on any atom is -0.462 e. The SMILES string of the molecule is CCCC(O)Cn1nc(Nc2cccc3ccccc23)c(C(=O)OCC)c1N. The maximum atomic E-state index is 12.5. The Morgan fingerprint density at radius 2 is 2.00 bits per heavy atom. The molecule has 1 aromatic heterocycles. The molecule has 1 unspecified atom stereocenters. The van der Waals surface area contributed by atoms with Crippen LogP contribution in [0.25, 0.3) is 10.8 Å². The molecule has 148 valence electrons. The molecule has 1 heterocycles. The van der Waals surface area contributed by atoms with E-state index in [1.54, 1.807) is 6.92 Å². The summed E-state index contributed by atoms with van der Waals surface area (Å²) in [6.45, 7) is 4.17. The van der Waals surface area contributed by atoms with Gasteiger partial charge in [0.1, 0.15) is 11.4 Å². The van der Waals surface area contributed by atoms with Crippen LogP contribution in [0.2, 0.25) is 0 Å². The molecule has 7 heteroatoms. The number of fused-ring (bicyclic) bond motifs is 1. The number of nitrogens with zero attached hydrogens (tertiary/aromatic N) is 2. The molecule has 0 bridgehead atoms. The zero-order chi connectivity index (χ0) is 20.1. The number of nitrogen functional groups attached to an aromatic ring is 1. The predicted molar refractivity (Wildman–Crippen MR) is 111 cm³/mol. The van der Waals surface area contributed by atoms with Crippen LogP contribution in [0.1, 0.15) is 37.0 Å². The fraction of sp³-hybridized carbons (Fsp3) is 0.333. The molecule has 7 nitrogen and oxygen atoms in total. The summed E-state index contributed by atoms with van der Waals surface area (Å²) in [6.07, 6.45) is 0.876. The second-order valence-electron chi connectivity index (χ2n) is 6.61. The summed E-state index contributed by atoms with van der Waals surface area (Å²) >= 11 is 0. The number of esters is 1. The van der Waals surface area contributed by atoms with Crippen LogP contribution in [-0.2, 0) is 11.3 Å². The van der Waals surface area contributed by atoms with Gasteiger partial charge in [0.2, 0.25) is 0 Å². The number of nitrogens with two attached hydrogens (primary N) is 1. The summed E-state index contributed by atoms with van der Waals surface area (Å²) in [5.74, 6) is -0.0497. The topological polar surface area (TPSA) is 102 Å². The third kappa shape index (κ3) is 4.09. The fourth-order valence-corrected chi connectivity index (χ4v) is 3.19. The fourth-order valence-electron chi connectivity index (χ4n) is 3.19. The minimum atomic E-state index is -0.590. The third-order valence-corrected chi connectivity index (χ3v) is 4.52. The third-order valence-electron chi connectivity index (χ3n) is 4.52. The van der Waals surface area contributed by atoms with Gasteiger partial charge in [-0.25, -0.2) is 9.48 Å². The summed E-state index contributed by atoms with van der Waals surface area (Å²) in [5.41, 5.74) is 7.18. The maximum Gasteiger partial charge on any atom is 0.345 e. The van der Waals surface area contributed by atoms with Crippen molar-refractivity contribution in [1.82, 2.24) is 9.78 Å². The molecule has 0 aliphatic heterocycles. The van der Waals surface area contributed by atoms with Crippen LogP contribution in [-0.4, -0.2) is 33.6 Å². The van der Waals surface area contributed by atoms with Gasteiger partial charge in [0, 0.05) is 11.1 Å². The van der Waals surface area contributed by atoms with Crippen molar-refractivity contribution in [2.75, 3.05) is 17.7 Å². The summed E-state index contributed by atoms with van der Waals surface area (Å²) in [5, 5.41) is 19.9. The second kappa shape index (κ2) is 8.75. The Balaban J connectivity index is 2.01. The average molecular weight is 382 g/mol. The van der Waals surface area contributed by atoms with Crippen molar-refractivity contribution in [3.8, 4) is 0 Å². The van der Waals surface area contributed by atoms with E-state index >= 15 is 0 Å². The second-order valence-corrected chi connectivity index (χ2v) is 6.61. The first-order chi connectivity index (χ1) is 13.5. The van der Waals surface area contributed by atoms with Gasteiger partial charge in [0.25, 0.3) is 0 Å². The van der Waals surface area contributed by atoms with Crippen molar-refractivity contribution in [1.29, 1.82) is 0 Å². The average Bonchev–Trinajstić information content (AvgIpc) is 2.97. The Labute approximate surface area is 164 Å². The number of aliphatic hydroxyl groups is 1. The summed E-state index contributed by atoms with van der Waals surface area (Å²) in [6, 6.07) is 13.8. The molecule has 0 fully saturated rings. The van der Waals surface area contributed by atoms with Crippen LogP contribution in [0.5, 0.6) is 0 Å². The van der Waals surface area contributed by atoms with E-state index in [0.29, 0.717) is 12.2 Å². The Bertz CT molecular complexity index is 962. The quantitative estimate of drug-likeness (QED) is 0.513. The smallest absolute Gasteiger partial charge is 0.345 e. The summed E-state index contributed by atoms with van der Waals surface area (Å²) < 4.78 is 6.62. The van der Waals surface area contributed by atoms with E-state index in [9.17, 15) is 9.90 Å². The monoisotopic (exact) mass is 382 g/mol. The Kier molecular flexibility index (Phi) is 6.16. The molecule has 3 aromatic rings. The number of hydrogen-bond acceptors (Lipinski definition) is 6. The molecule has 0 spiro atoms. The predicted octanol–water partition coefficient (Wildman–Crippen LogP) is 3.70. The number of hydrogen-bond donors (Lipinski definition) is 3. The lowest BCUT2D eigenvalue weighted by atomic mass is 10.1. The van der Waals surface area contributed by atoms with Crippen molar-refractivity contribution < 1.29 is 14.6 Å². The number of aromatic nitrogens is 2. The molecule has 28 heavy (non-hydrogen) atoms. The number of carbonyl (C=O) groups is 1. The lowest BCUT2D eigenvalue weighted by Gasteiger charge is -2.10. The number of nitrogens with one attached hydrogen (secondary N) is 1. The molecule has 4 N–H and O–H groups in total. The Hall–Kier alpha value is -3.06. The molecule has 0 amide bonds. The molecule has 0 radical (unpaired) electrons. The zero-order valence-electron chi connectivity index (χ0n) is 16.2. The first kappa shape index (κ1) is 19.7. The molecular weight excluding hydrogens is 356 g/mol. The largest absolute Gasteiger partial charge is 0.462 e. The lowest BCUT2D eigenvalue weighted by Crippen LogP contribution is -2.18. The van der Waals surface area contributed by atoms with Gasteiger partial charge in [-0.1, -0.05) is 49.7 Å². The van der Waals surface area contributed by atoms with E-state index in [2.05, 4.69) is 10.4 Å². The Morgan fingerprint density at radius 1 is 1.25 bits per heavy atom. The zero-order valence-corrected chi connectivity index (χ0v) is 16.2. The molecule has 2 aromatic carbocycles.